The zero-order valence-electron chi connectivity index (χ0n) is 19.9. The van der Waals surface area contributed by atoms with E-state index in [9.17, 15) is 18.0 Å². The number of ether oxygens (including phenoxy) is 2. The summed E-state index contributed by atoms with van der Waals surface area (Å²) in [5, 5.41) is 0. The maximum absolute atomic E-state index is 12.8. The highest BCUT2D eigenvalue weighted by molar-refractivity contribution is 5.68. The number of nitrogen functional groups attached to an aromatic ring is 1. The Kier molecular flexibility index (Phi) is 7.55. The molecule has 0 spiro atoms. The van der Waals surface area contributed by atoms with Gasteiger partial charge in [-0.25, -0.2) is 4.79 Å². The average molecular weight is 473 g/mol. The second-order valence-electron chi connectivity index (χ2n) is 9.64. The fourth-order valence-electron chi connectivity index (χ4n) is 4.49. The Morgan fingerprint density at radius 1 is 1.06 bits per heavy atom. The van der Waals surface area contributed by atoms with Crippen LogP contribution in [0.2, 0.25) is 0 Å². The van der Waals surface area contributed by atoms with Gasteiger partial charge in [0, 0.05) is 57.1 Å². The number of rotatable bonds is 4. The van der Waals surface area contributed by atoms with E-state index < -0.39 is 12.0 Å². The molecular formula is C23H35F3N4O3. The highest BCUT2D eigenvalue weighted by Crippen LogP contribution is 2.36. The van der Waals surface area contributed by atoms with Gasteiger partial charge in [0.15, 0.2) is 5.75 Å². The Hall–Kier alpha value is -2.36. The molecule has 0 radical (unpaired) electrons. The van der Waals surface area contributed by atoms with Gasteiger partial charge in [-0.15, -0.1) is 13.2 Å². The molecule has 33 heavy (non-hydrogen) atoms. The Morgan fingerprint density at radius 3 is 2.18 bits per heavy atom. The minimum absolute atomic E-state index is 0.00864. The van der Waals surface area contributed by atoms with E-state index in [1.165, 1.54) is 6.07 Å². The summed E-state index contributed by atoms with van der Waals surface area (Å²) in [4.78, 5) is 18.6. The quantitative estimate of drug-likeness (QED) is 0.661. The number of piperazine rings is 1. The highest BCUT2D eigenvalue weighted by Gasteiger charge is 2.34. The summed E-state index contributed by atoms with van der Waals surface area (Å²) in [6, 6.07) is 3.38. The van der Waals surface area contributed by atoms with Crippen LogP contribution in [-0.4, -0.2) is 73.2 Å². The van der Waals surface area contributed by atoms with Crippen molar-refractivity contribution >= 4 is 17.5 Å². The smallest absolute Gasteiger partial charge is 0.444 e. The number of aryl methyl sites for hydroxylation is 1. The fourth-order valence-corrected chi connectivity index (χ4v) is 4.49. The number of nitrogens with two attached hydrogens (primary N) is 1. The third kappa shape index (κ3) is 6.82. The molecule has 0 bridgehead atoms. The molecule has 2 heterocycles. The molecule has 3 rings (SSSR count). The number of halogens is 3. The van der Waals surface area contributed by atoms with E-state index in [-0.39, 0.29) is 17.5 Å². The van der Waals surface area contributed by atoms with Crippen LogP contribution in [0.4, 0.5) is 29.3 Å². The van der Waals surface area contributed by atoms with Crippen molar-refractivity contribution in [1.29, 1.82) is 0 Å². The highest BCUT2D eigenvalue weighted by atomic mass is 19.4. The molecule has 2 aliphatic heterocycles. The molecule has 1 amide bonds. The minimum atomic E-state index is -4.78. The summed E-state index contributed by atoms with van der Waals surface area (Å²) in [6.45, 7) is 11.8. The van der Waals surface area contributed by atoms with Crippen molar-refractivity contribution in [3.63, 3.8) is 0 Å². The Morgan fingerprint density at radius 2 is 1.67 bits per heavy atom. The van der Waals surface area contributed by atoms with Crippen molar-refractivity contribution in [1.82, 2.24) is 9.80 Å². The van der Waals surface area contributed by atoms with Crippen molar-refractivity contribution in [2.24, 2.45) is 0 Å². The first kappa shape index (κ1) is 25.3. The van der Waals surface area contributed by atoms with Crippen molar-refractivity contribution in [2.45, 2.75) is 65.0 Å². The monoisotopic (exact) mass is 472 g/mol. The van der Waals surface area contributed by atoms with Gasteiger partial charge in [0.05, 0.1) is 5.69 Å². The molecule has 186 valence electrons. The van der Waals surface area contributed by atoms with Gasteiger partial charge in [-0.3, -0.25) is 4.90 Å². The summed E-state index contributed by atoms with van der Waals surface area (Å²) >= 11 is 0. The summed E-state index contributed by atoms with van der Waals surface area (Å²) in [6.07, 6.45) is -2.60. The van der Waals surface area contributed by atoms with Gasteiger partial charge >= 0.3 is 12.5 Å². The molecule has 10 heteroatoms. The number of piperidine rings is 1. The zero-order chi connectivity index (χ0) is 24.4. The third-order valence-electron chi connectivity index (χ3n) is 6.11. The Labute approximate surface area is 193 Å². The molecule has 2 aliphatic rings. The van der Waals surface area contributed by atoms with Crippen LogP contribution in [0, 0.1) is 0 Å². The van der Waals surface area contributed by atoms with E-state index >= 15 is 0 Å². The minimum Gasteiger partial charge on any atom is -0.444 e. The first-order chi connectivity index (χ1) is 15.4. The van der Waals surface area contributed by atoms with Crippen molar-refractivity contribution in [3.8, 4) is 5.75 Å². The van der Waals surface area contributed by atoms with Crippen LogP contribution in [0.5, 0.6) is 5.75 Å². The maximum atomic E-state index is 12.8. The lowest BCUT2D eigenvalue weighted by atomic mass is 9.99. The lowest BCUT2D eigenvalue weighted by Gasteiger charge is -2.43. The molecule has 1 aromatic rings. The second kappa shape index (κ2) is 9.87. The van der Waals surface area contributed by atoms with E-state index in [1.807, 2.05) is 27.7 Å². The van der Waals surface area contributed by atoms with Gasteiger partial charge in [0.2, 0.25) is 0 Å². The number of benzene rings is 1. The molecule has 0 atom stereocenters. The number of anilines is 2. The van der Waals surface area contributed by atoms with Gasteiger partial charge in [-0.2, -0.15) is 0 Å². The van der Waals surface area contributed by atoms with Gasteiger partial charge in [-0.1, -0.05) is 6.92 Å². The molecule has 0 unspecified atom stereocenters. The summed E-state index contributed by atoms with van der Waals surface area (Å²) in [5.74, 6) is -0.352. The van der Waals surface area contributed by atoms with Crippen LogP contribution in [0.25, 0.3) is 0 Å². The van der Waals surface area contributed by atoms with E-state index in [1.54, 1.807) is 11.0 Å². The lowest BCUT2D eigenvalue weighted by Crippen LogP contribution is -2.55. The molecule has 0 aliphatic carbocycles. The predicted molar refractivity (Wildman–Crippen MR) is 122 cm³/mol. The summed E-state index contributed by atoms with van der Waals surface area (Å²) in [5.41, 5.74) is 6.94. The van der Waals surface area contributed by atoms with Crippen LogP contribution in [-0.2, 0) is 11.2 Å². The maximum Gasteiger partial charge on any atom is 0.573 e. The van der Waals surface area contributed by atoms with Gasteiger partial charge in [0.25, 0.3) is 0 Å². The first-order valence-electron chi connectivity index (χ1n) is 11.5. The van der Waals surface area contributed by atoms with Gasteiger partial charge < -0.3 is 25.0 Å². The third-order valence-corrected chi connectivity index (χ3v) is 6.11. The zero-order valence-corrected chi connectivity index (χ0v) is 19.9. The van der Waals surface area contributed by atoms with Crippen LogP contribution in [0.1, 0.15) is 46.1 Å². The van der Waals surface area contributed by atoms with Crippen LogP contribution < -0.4 is 15.4 Å². The number of carbonyl (C=O) groups excluding carboxylic acids is 1. The van der Waals surface area contributed by atoms with Crippen molar-refractivity contribution < 1.29 is 27.4 Å². The molecule has 0 aromatic heterocycles. The first-order valence-corrected chi connectivity index (χ1v) is 11.5. The molecule has 1 aromatic carbocycles. The largest absolute Gasteiger partial charge is 0.573 e. The second-order valence-corrected chi connectivity index (χ2v) is 9.64. The standard InChI is InChI=1S/C23H35F3N4O3/c1-5-16-14-18(27)20(32-23(24,25)26)15-19(16)29-8-6-17(7-9-29)28-10-12-30(13-11-28)21(31)33-22(2,3)4/h14-15,17H,5-13,27H2,1-4H3. The van der Waals surface area contributed by atoms with Crippen LogP contribution in [0.15, 0.2) is 12.1 Å². The van der Waals surface area contributed by atoms with Gasteiger partial charge in [0.1, 0.15) is 5.60 Å². The molecule has 0 saturated carbocycles. The number of nitrogens with zero attached hydrogens (tertiary/aromatic N) is 3. The molecule has 2 N–H and O–H groups in total. The van der Waals surface area contributed by atoms with E-state index in [0.717, 1.165) is 50.3 Å². The van der Waals surface area contributed by atoms with E-state index in [4.69, 9.17) is 10.5 Å². The summed E-state index contributed by atoms with van der Waals surface area (Å²) in [7, 11) is 0. The number of carbonyl (C=O) groups is 1. The normalized spacial score (nSPS) is 19.0. The SMILES string of the molecule is CCc1cc(N)c(OC(F)(F)F)cc1N1CCC(N2CCN(C(=O)OC(C)(C)C)CC2)CC1. The molecular weight excluding hydrogens is 437 g/mol. The topological polar surface area (TPSA) is 71.3 Å². The Balaban J connectivity index is 1.58. The molecule has 2 fully saturated rings. The molecule has 2 saturated heterocycles. The number of alkyl halides is 3. The van der Waals surface area contributed by atoms with Crippen LogP contribution in [0.3, 0.4) is 0 Å². The Bertz CT molecular complexity index is 825. The summed E-state index contributed by atoms with van der Waals surface area (Å²) < 4.78 is 47.9. The number of hydrogen-bond donors (Lipinski definition) is 1. The van der Waals surface area contributed by atoms with Crippen molar-refractivity contribution in [2.75, 3.05) is 49.9 Å². The van der Waals surface area contributed by atoms with Crippen LogP contribution >= 0.6 is 0 Å². The number of amides is 1. The van der Waals surface area contributed by atoms with E-state index in [0.29, 0.717) is 25.6 Å². The fraction of sp³-hybridized carbons (Fsp3) is 0.696. The van der Waals surface area contributed by atoms with E-state index in [2.05, 4.69) is 14.5 Å². The number of hydrogen-bond acceptors (Lipinski definition) is 6. The predicted octanol–water partition coefficient (Wildman–Crippen LogP) is 4.25. The molecule has 7 nitrogen and oxygen atoms in total. The van der Waals surface area contributed by atoms with Gasteiger partial charge in [-0.05, 0) is 51.7 Å². The average Bonchev–Trinajstić information content (AvgIpc) is 2.73. The lowest BCUT2D eigenvalue weighted by molar-refractivity contribution is -0.274. The van der Waals surface area contributed by atoms with Crippen molar-refractivity contribution in [3.05, 3.63) is 17.7 Å².